The summed E-state index contributed by atoms with van der Waals surface area (Å²) in [6, 6.07) is 17.7. The first-order chi connectivity index (χ1) is 16.0. The molecule has 0 spiro atoms. The second-order valence-electron chi connectivity index (χ2n) is 8.36. The Kier molecular flexibility index (Phi) is 5.72. The van der Waals surface area contributed by atoms with Gasteiger partial charge in [-0.15, -0.1) is 0 Å². The number of pyridine rings is 1. The third-order valence-corrected chi connectivity index (χ3v) is 7.06. The van der Waals surface area contributed by atoms with Crippen molar-refractivity contribution in [2.24, 2.45) is 0 Å². The third kappa shape index (κ3) is 3.83. The summed E-state index contributed by atoms with van der Waals surface area (Å²) >= 11 is 12.2. The third-order valence-electron chi connectivity index (χ3n) is 6.47. The zero-order chi connectivity index (χ0) is 23.1. The number of benzene rings is 1. The Labute approximate surface area is 204 Å². The van der Waals surface area contributed by atoms with Gasteiger partial charge in [0.05, 0.1) is 30.6 Å². The highest BCUT2D eigenvalue weighted by Gasteiger charge is 2.42. The maximum Gasteiger partial charge on any atom is 0.170 e. The van der Waals surface area contributed by atoms with E-state index in [1.807, 2.05) is 48.7 Å². The largest absolute Gasteiger partial charge is 0.467 e. The smallest absolute Gasteiger partial charge is 0.170 e. The molecule has 5 rings (SSSR count). The minimum atomic E-state index is -0.0827. The lowest BCUT2D eigenvalue weighted by atomic mass is 9.93. The Morgan fingerprint density at radius 3 is 2.61 bits per heavy atom. The summed E-state index contributed by atoms with van der Waals surface area (Å²) in [5.74, 6) is 0.868. The summed E-state index contributed by atoms with van der Waals surface area (Å²) in [5.41, 5.74) is 6.82. The average molecular weight is 477 g/mol. The Bertz CT molecular complexity index is 1300. The number of aromatic nitrogens is 2. The number of halogens is 1. The molecule has 4 aromatic rings. The van der Waals surface area contributed by atoms with Crippen LogP contribution in [0.1, 0.15) is 46.1 Å². The van der Waals surface area contributed by atoms with Crippen molar-refractivity contribution >= 4 is 28.9 Å². The number of rotatable bonds is 5. The highest BCUT2D eigenvalue weighted by molar-refractivity contribution is 7.80. The van der Waals surface area contributed by atoms with E-state index in [4.69, 9.17) is 28.2 Å². The van der Waals surface area contributed by atoms with E-state index in [1.165, 1.54) is 16.8 Å². The van der Waals surface area contributed by atoms with Gasteiger partial charge in [0.2, 0.25) is 0 Å². The first kappa shape index (κ1) is 21.7. The summed E-state index contributed by atoms with van der Waals surface area (Å²) in [7, 11) is 0. The summed E-state index contributed by atoms with van der Waals surface area (Å²) in [6.45, 7) is 7.08. The van der Waals surface area contributed by atoms with Crippen LogP contribution in [-0.2, 0) is 6.54 Å². The molecule has 5 nitrogen and oxygen atoms in total. The molecule has 0 saturated carbocycles. The molecule has 2 atom stereocenters. The number of thiocarbonyl (C=S) groups is 1. The zero-order valence-corrected chi connectivity index (χ0v) is 20.3. The Balaban J connectivity index is 1.67. The van der Waals surface area contributed by atoms with Gasteiger partial charge in [0.15, 0.2) is 5.11 Å². The molecule has 1 aromatic carbocycles. The van der Waals surface area contributed by atoms with Crippen molar-refractivity contribution in [3.05, 3.63) is 106 Å². The molecule has 0 bridgehead atoms. The van der Waals surface area contributed by atoms with E-state index < -0.39 is 0 Å². The quantitative estimate of drug-likeness (QED) is 0.346. The molecule has 0 radical (unpaired) electrons. The van der Waals surface area contributed by atoms with Crippen LogP contribution in [-0.4, -0.2) is 19.6 Å². The SMILES string of the molecule is Cc1c(C2C(c3ccccn3)NC(=S)N2Cc2ccco2)c(C)n(-c2cccc(Cl)c2)c1C. The molecule has 1 saturated heterocycles. The van der Waals surface area contributed by atoms with E-state index in [1.54, 1.807) is 6.26 Å². The second-order valence-corrected chi connectivity index (χ2v) is 9.18. The van der Waals surface area contributed by atoms with E-state index in [-0.39, 0.29) is 12.1 Å². The first-order valence-electron chi connectivity index (χ1n) is 10.9. The van der Waals surface area contributed by atoms with Gasteiger partial charge in [0.1, 0.15) is 5.76 Å². The van der Waals surface area contributed by atoms with E-state index in [2.05, 4.69) is 52.7 Å². The topological polar surface area (TPSA) is 46.2 Å². The summed E-state index contributed by atoms with van der Waals surface area (Å²) < 4.78 is 7.95. The lowest BCUT2D eigenvalue weighted by Crippen LogP contribution is -2.29. The lowest BCUT2D eigenvalue weighted by molar-refractivity contribution is 0.285. The fourth-order valence-electron chi connectivity index (χ4n) is 4.90. The van der Waals surface area contributed by atoms with Crippen LogP contribution in [0.3, 0.4) is 0 Å². The fourth-order valence-corrected chi connectivity index (χ4v) is 5.39. The van der Waals surface area contributed by atoms with Crippen LogP contribution < -0.4 is 5.32 Å². The van der Waals surface area contributed by atoms with Crippen molar-refractivity contribution in [2.75, 3.05) is 0 Å². The van der Waals surface area contributed by atoms with Crippen molar-refractivity contribution in [2.45, 2.75) is 39.4 Å². The van der Waals surface area contributed by atoms with E-state index in [0.29, 0.717) is 16.7 Å². The fraction of sp³-hybridized carbons (Fsp3) is 0.231. The van der Waals surface area contributed by atoms with Crippen LogP contribution in [0.25, 0.3) is 5.69 Å². The molecule has 33 heavy (non-hydrogen) atoms. The van der Waals surface area contributed by atoms with E-state index in [0.717, 1.165) is 22.8 Å². The molecular formula is C26H25ClN4OS. The maximum atomic E-state index is 6.33. The van der Waals surface area contributed by atoms with Crippen molar-refractivity contribution < 1.29 is 4.42 Å². The number of nitrogens with one attached hydrogen (secondary N) is 1. The van der Waals surface area contributed by atoms with Gasteiger partial charge < -0.3 is 19.2 Å². The summed E-state index contributed by atoms with van der Waals surface area (Å²) in [5, 5.41) is 4.95. The Hall–Kier alpha value is -3.09. The average Bonchev–Trinajstić information content (AvgIpc) is 3.49. The van der Waals surface area contributed by atoms with Gasteiger partial charge in [-0.2, -0.15) is 0 Å². The number of furan rings is 1. The molecule has 7 heteroatoms. The molecule has 0 amide bonds. The lowest BCUT2D eigenvalue weighted by Gasteiger charge is -2.28. The normalized spacial score (nSPS) is 18.1. The van der Waals surface area contributed by atoms with Gasteiger partial charge >= 0.3 is 0 Å². The Morgan fingerprint density at radius 1 is 1.06 bits per heavy atom. The van der Waals surface area contributed by atoms with Crippen LogP contribution in [0.5, 0.6) is 0 Å². The standard InChI is InChI=1S/C26H25ClN4OS/c1-16-17(2)31(20-9-6-8-19(27)14-20)18(3)23(16)25-24(22-11-4-5-12-28-22)29-26(33)30(25)15-21-10-7-13-32-21/h4-14,24-25H,15H2,1-3H3,(H,29,33). The zero-order valence-electron chi connectivity index (χ0n) is 18.7. The molecule has 3 aromatic heterocycles. The van der Waals surface area contributed by atoms with Crippen LogP contribution in [0.4, 0.5) is 0 Å². The van der Waals surface area contributed by atoms with Crippen LogP contribution in [0.15, 0.2) is 71.5 Å². The van der Waals surface area contributed by atoms with E-state index in [9.17, 15) is 0 Å². The van der Waals surface area contributed by atoms with Crippen LogP contribution in [0, 0.1) is 20.8 Å². The number of nitrogens with zero attached hydrogens (tertiary/aromatic N) is 3. The predicted octanol–water partition coefficient (Wildman–Crippen LogP) is 6.22. The van der Waals surface area contributed by atoms with Gasteiger partial charge in [-0.25, -0.2) is 0 Å². The van der Waals surface area contributed by atoms with Crippen molar-refractivity contribution in [1.82, 2.24) is 19.8 Å². The minimum Gasteiger partial charge on any atom is -0.467 e. The summed E-state index contributed by atoms with van der Waals surface area (Å²) in [4.78, 5) is 6.88. The van der Waals surface area contributed by atoms with Crippen LogP contribution in [0.2, 0.25) is 5.02 Å². The second kappa shape index (κ2) is 8.69. The maximum absolute atomic E-state index is 6.33. The van der Waals surface area contributed by atoms with Gasteiger partial charge in [-0.1, -0.05) is 23.7 Å². The van der Waals surface area contributed by atoms with Gasteiger partial charge in [-0.05, 0) is 81.0 Å². The van der Waals surface area contributed by atoms with Gasteiger partial charge in [0.25, 0.3) is 0 Å². The minimum absolute atomic E-state index is 0.0448. The first-order valence-corrected chi connectivity index (χ1v) is 11.7. The van der Waals surface area contributed by atoms with E-state index >= 15 is 0 Å². The molecule has 4 heterocycles. The highest BCUT2D eigenvalue weighted by Crippen LogP contribution is 2.44. The van der Waals surface area contributed by atoms with Crippen molar-refractivity contribution in [3.63, 3.8) is 0 Å². The van der Waals surface area contributed by atoms with Gasteiger partial charge in [-0.3, -0.25) is 4.98 Å². The molecule has 168 valence electrons. The molecule has 1 fully saturated rings. The highest BCUT2D eigenvalue weighted by atomic mass is 35.5. The molecule has 1 N–H and O–H groups in total. The molecule has 2 unspecified atom stereocenters. The molecule has 1 aliphatic rings. The number of hydrogen-bond acceptors (Lipinski definition) is 3. The molecule has 0 aliphatic carbocycles. The molecule has 1 aliphatic heterocycles. The Morgan fingerprint density at radius 2 is 1.91 bits per heavy atom. The van der Waals surface area contributed by atoms with Crippen molar-refractivity contribution in [1.29, 1.82) is 0 Å². The number of hydrogen-bond donors (Lipinski definition) is 1. The monoisotopic (exact) mass is 476 g/mol. The molecular weight excluding hydrogens is 452 g/mol. The van der Waals surface area contributed by atoms with Crippen molar-refractivity contribution in [3.8, 4) is 5.69 Å². The summed E-state index contributed by atoms with van der Waals surface area (Å²) in [6.07, 6.45) is 3.53. The van der Waals surface area contributed by atoms with Crippen LogP contribution >= 0.6 is 23.8 Å². The van der Waals surface area contributed by atoms with Gasteiger partial charge in [0, 0.05) is 33.9 Å². The predicted molar refractivity (Wildman–Crippen MR) is 135 cm³/mol.